The highest BCUT2D eigenvalue weighted by Crippen LogP contribution is 2.23. The van der Waals surface area contributed by atoms with Crippen molar-refractivity contribution >= 4 is 34.4 Å². The van der Waals surface area contributed by atoms with Gasteiger partial charge in [-0.3, -0.25) is 9.52 Å². The van der Waals surface area contributed by atoms with Gasteiger partial charge in [0.05, 0.1) is 10.6 Å². The number of ketones is 1. The van der Waals surface area contributed by atoms with Gasteiger partial charge in [0.2, 0.25) is 0 Å². The summed E-state index contributed by atoms with van der Waals surface area (Å²) in [7, 11) is -3.77. The van der Waals surface area contributed by atoms with Gasteiger partial charge in [-0.25, -0.2) is 18.0 Å². The zero-order valence-corrected chi connectivity index (χ0v) is 28.6. The summed E-state index contributed by atoms with van der Waals surface area (Å²) >= 11 is 3.10. The van der Waals surface area contributed by atoms with E-state index in [0.717, 1.165) is 5.56 Å². The van der Waals surface area contributed by atoms with E-state index in [0.29, 0.717) is 11.1 Å². The number of carbonyl (C=O) groups excluding carboxylic acids is 1. The van der Waals surface area contributed by atoms with E-state index in [-0.39, 0.29) is 23.5 Å². The quantitative estimate of drug-likeness (QED) is 0.0590. The molecule has 10 heteroatoms. The number of nitrogens with one attached hydrogen (secondary N) is 2. The summed E-state index contributed by atoms with van der Waals surface area (Å²) in [5.41, 5.74) is 3.58. The smallest absolute Gasteiger partial charge is 0.261 e. The Morgan fingerprint density at radius 2 is 1.08 bits per heavy atom. The highest BCUT2D eigenvalue weighted by atomic mass is 32.2. The molecule has 0 fully saturated rings. The van der Waals surface area contributed by atoms with Gasteiger partial charge < -0.3 is 0 Å². The fraction of sp³-hybridized carbons (Fsp3) is 0.0750. The first-order valence-corrected chi connectivity index (χ1v) is 15.6. The third kappa shape index (κ3) is 18.5. The molecule has 0 atom stereocenters. The zero-order chi connectivity index (χ0) is 36.7. The van der Waals surface area contributed by atoms with E-state index >= 15 is 0 Å². The number of hydrogen-bond donors (Lipinski definition) is 4. The SMILES string of the molecule is CC#CC#CC#CC#CC#CC#CC#CC#CC#CC.Cc1ccc(S(=O)(=O)Nc2ccccc2C(=O)c2ccccc2)cc1.OONOS.[HH].[HH].[HH].[HH].[HH]. The molecule has 3 aromatic carbocycles. The van der Waals surface area contributed by atoms with Crippen LogP contribution in [-0.2, 0) is 19.3 Å². The van der Waals surface area contributed by atoms with Crippen LogP contribution in [0.15, 0.2) is 83.8 Å². The minimum Gasteiger partial charge on any atom is -0.289 e. The lowest BCUT2D eigenvalue weighted by molar-refractivity contribution is -0.343. The second-order valence-corrected chi connectivity index (χ2v) is 10.3. The summed E-state index contributed by atoms with van der Waals surface area (Å²) in [5, 5.41) is 7.28. The van der Waals surface area contributed by atoms with Gasteiger partial charge in [0.15, 0.2) is 5.78 Å². The summed E-state index contributed by atoms with van der Waals surface area (Å²) in [4.78, 5) is 16.0. The van der Waals surface area contributed by atoms with E-state index in [1.807, 2.05) is 13.0 Å². The molecule has 3 aromatic rings. The van der Waals surface area contributed by atoms with Crippen molar-refractivity contribution in [3.05, 3.63) is 95.6 Å². The van der Waals surface area contributed by atoms with Crippen LogP contribution < -0.4 is 10.4 Å². The van der Waals surface area contributed by atoms with E-state index in [1.165, 1.54) is 5.64 Å². The largest absolute Gasteiger partial charge is 0.289 e. The van der Waals surface area contributed by atoms with Crippen LogP contribution >= 0.6 is 12.9 Å². The molecule has 254 valence electrons. The molecule has 3 N–H and O–H groups in total. The first-order valence-electron chi connectivity index (χ1n) is 13.8. The molecular weight excluding hydrogens is 669 g/mol. The van der Waals surface area contributed by atoms with Gasteiger partial charge in [-0.05, 0) is 145 Å². The van der Waals surface area contributed by atoms with Crippen LogP contribution in [0.3, 0.4) is 0 Å². The number of anilines is 1. The molecule has 0 amide bonds. The molecule has 0 aliphatic heterocycles. The predicted molar refractivity (Wildman–Crippen MR) is 207 cm³/mol. The molecule has 0 unspecified atom stereocenters. The first-order chi connectivity index (χ1) is 24.3. The zero-order valence-electron chi connectivity index (χ0n) is 26.8. The third-order valence-electron chi connectivity index (χ3n) is 5.05. The number of benzene rings is 3. The lowest BCUT2D eigenvalue weighted by atomic mass is 10.0. The maximum Gasteiger partial charge on any atom is 0.261 e. The lowest BCUT2D eigenvalue weighted by Gasteiger charge is -2.12. The molecule has 0 saturated carbocycles. The van der Waals surface area contributed by atoms with E-state index in [4.69, 9.17) is 5.26 Å². The highest BCUT2D eigenvalue weighted by Gasteiger charge is 2.19. The number of sulfonamides is 1. The monoisotopic (exact) mass is 704 g/mol. The number of thiol groups is 1. The maximum atomic E-state index is 12.7. The van der Waals surface area contributed by atoms with E-state index < -0.39 is 10.0 Å². The topological polar surface area (TPSA) is 114 Å². The summed E-state index contributed by atoms with van der Waals surface area (Å²) in [6.07, 6.45) is 0. The van der Waals surface area contributed by atoms with Gasteiger partial charge in [0.25, 0.3) is 10.0 Å². The third-order valence-corrected chi connectivity index (χ3v) is 6.50. The van der Waals surface area contributed by atoms with Crippen molar-refractivity contribution in [3.63, 3.8) is 0 Å². The Labute approximate surface area is 306 Å². The standard InChI is InChI=1S/C20H17NO3S.C20H6.H3NO3S.5H2/c1-15-11-13-17(14-12-15)25(23,24)21-19-10-6-5-9-18(19)20(22)16-7-3-2-4-8-16;1-3-5-7-9-11-13-15-17-19-20-18-16-14-12-10-8-6-4-2;2-3-1-4-5;;;;;/h2-14,21H,1H3;1-2H3;1-2,5H;5*1H. The van der Waals surface area contributed by atoms with Crippen molar-refractivity contribution < 1.29 is 34.9 Å². The Balaban J connectivity index is -0.000000254. The highest BCUT2D eigenvalue weighted by molar-refractivity contribution is 7.92. The van der Waals surface area contributed by atoms with Gasteiger partial charge in [0, 0.05) is 31.2 Å². The van der Waals surface area contributed by atoms with Gasteiger partial charge in [-0.1, -0.05) is 72.0 Å². The molecule has 8 nitrogen and oxygen atoms in total. The van der Waals surface area contributed by atoms with Crippen molar-refractivity contribution in [1.82, 2.24) is 5.64 Å². The maximum absolute atomic E-state index is 12.7. The van der Waals surface area contributed by atoms with E-state index in [9.17, 15) is 13.2 Å². The van der Waals surface area contributed by atoms with Gasteiger partial charge in [-0.2, -0.15) is 0 Å². The summed E-state index contributed by atoms with van der Waals surface area (Å²) < 4.78 is 31.4. The van der Waals surface area contributed by atoms with Crippen LogP contribution in [0.1, 0.15) is 42.5 Å². The average molecular weight is 705 g/mol. The molecule has 0 bridgehead atoms. The fourth-order valence-electron chi connectivity index (χ4n) is 3.02. The van der Waals surface area contributed by atoms with Crippen LogP contribution in [0, 0.1) is 113 Å². The van der Waals surface area contributed by atoms with Crippen LogP contribution in [0.25, 0.3) is 0 Å². The molecule has 0 aliphatic carbocycles. The minimum atomic E-state index is -3.77. The molecule has 0 spiro atoms. The van der Waals surface area contributed by atoms with Gasteiger partial charge >= 0.3 is 0 Å². The molecule has 3 rings (SSSR count). The second kappa shape index (κ2) is 26.4. The first kappa shape index (κ1) is 41.3. The second-order valence-electron chi connectivity index (χ2n) is 8.43. The van der Waals surface area contributed by atoms with Crippen molar-refractivity contribution in [2.24, 2.45) is 0 Å². The minimum absolute atomic E-state index is 0. The Bertz CT molecular complexity index is 2250. The molecule has 0 aromatic heterocycles. The van der Waals surface area contributed by atoms with Crippen molar-refractivity contribution in [2.45, 2.75) is 25.7 Å². The number of rotatable bonds is 7. The van der Waals surface area contributed by atoms with Crippen molar-refractivity contribution in [3.8, 4) is 107 Å². The Hall–Kier alpha value is -6.69. The average Bonchev–Trinajstić information content (AvgIpc) is 3.13. The summed E-state index contributed by atoms with van der Waals surface area (Å²) in [5.74, 6) is 45.4. The number of aryl methyl sites for hydroxylation is 1. The Morgan fingerprint density at radius 3 is 1.48 bits per heavy atom. The van der Waals surface area contributed by atoms with Crippen molar-refractivity contribution in [2.75, 3.05) is 4.72 Å². The van der Waals surface area contributed by atoms with Crippen LogP contribution in [0.5, 0.6) is 0 Å². The van der Waals surface area contributed by atoms with Crippen LogP contribution in [0.4, 0.5) is 5.69 Å². The van der Waals surface area contributed by atoms with E-state index in [1.54, 1.807) is 86.6 Å². The van der Waals surface area contributed by atoms with Crippen LogP contribution in [-0.4, -0.2) is 19.5 Å². The fourth-order valence-corrected chi connectivity index (χ4v) is 4.13. The van der Waals surface area contributed by atoms with E-state index in [2.05, 4.69) is 133 Å². The molecular formula is C40H36N2O6S2. The van der Waals surface area contributed by atoms with Gasteiger partial charge in [0.1, 0.15) is 0 Å². The summed E-state index contributed by atoms with van der Waals surface area (Å²) in [6, 6.07) is 21.9. The number of hydrogen-bond acceptors (Lipinski definition) is 8. The van der Waals surface area contributed by atoms with Crippen LogP contribution in [0.2, 0.25) is 0 Å². The Kier molecular flexibility index (Phi) is 21.8. The molecule has 0 heterocycles. The van der Waals surface area contributed by atoms with Crippen molar-refractivity contribution in [1.29, 1.82) is 0 Å². The van der Waals surface area contributed by atoms with Gasteiger partial charge in [-0.15, -0.1) is 4.99 Å². The predicted octanol–water partition coefficient (Wildman–Crippen LogP) is 6.07. The lowest BCUT2D eigenvalue weighted by Crippen LogP contribution is -2.16. The number of carbonyl (C=O) groups is 1. The summed E-state index contributed by atoms with van der Waals surface area (Å²) in [6.45, 7) is 5.29. The molecule has 0 saturated heterocycles. The normalized spacial score (nSPS) is 7.94. The Morgan fingerprint density at radius 1 is 0.660 bits per heavy atom. The molecule has 0 radical (unpaired) electrons. The number of para-hydroxylation sites is 1. The molecule has 50 heavy (non-hydrogen) atoms. The molecule has 0 aliphatic rings.